The molecule has 138 valence electrons. The van der Waals surface area contributed by atoms with Crippen LogP contribution in [0.5, 0.6) is 0 Å². The van der Waals surface area contributed by atoms with E-state index < -0.39 is 0 Å². The number of aromatic amines is 1. The molecule has 26 heavy (non-hydrogen) atoms. The second kappa shape index (κ2) is 7.90. The summed E-state index contributed by atoms with van der Waals surface area (Å²) >= 11 is 0. The Balaban J connectivity index is 0.00000196. The van der Waals surface area contributed by atoms with Crippen molar-refractivity contribution < 1.29 is 9.53 Å². The molecule has 0 fully saturated rings. The van der Waals surface area contributed by atoms with Crippen molar-refractivity contribution in [2.75, 3.05) is 25.6 Å². The second-order valence-electron chi connectivity index (χ2n) is 6.19. The highest BCUT2D eigenvalue weighted by atomic mass is 35.5. The number of methoxy groups -OCH3 is 1. The summed E-state index contributed by atoms with van der Waals surface area (Å²) in [6, 6.07) is 7.97. The van der Waals surface area contributed by atoms with Crippen LogP contribution >= 0.6 is 12.4 Å². The average molecular weight is 376 g/mol. The zero-order valence-electron chi connectivity index (χ0n) is 14.5. The molecule has 1 aromatic carbocycles. The number of fused-ring (bicyclic) bond motifs is 2. The summed E-state index contributed by atoms with van der Waals surface area (Å²) < 4.78 is 7.27. The van der Waals surface area contributed by atoms with Crippen LogP contribution in [0.1, 0.15) is 21.7 Å². The third kappa shape index (κ3) is 3.46. The lowest BCUT2D eigenvalue weighted by molar-refractivity contribution is 0.102. The highest BCUT2D eigenvalue weighted by Gasteiger charge is 2.21. The van der Waals surface area contributed by atoms with Gasteiger partial charge in [0.05, 0.1) is 12.1 Å². The Labute approximate surface area is 157 Å². The highest BCUT2D eigenvalue weighted by Crippen LogP contribution is 2.22. The van der Waals surface area contributed by atoms with E-state index in [0.29, 0.717) is 18.8 Å². The normalized spacial score (nSPS) is 13.3. The van der Waals surface area contributed by atoms with Gasteiger partial charge in [0, 0.05) is 56.3 Å². The fraction of sp³-hybridized carbons (Fsp3) is 0.333. The molecule has 0 radical (unpaired) electrons. The van der Waals surface area contributed by atoms with E-state index in [-0.39, 0.29) is 18.3 Å². The zero-order chi connectivity index (χ0) is 17.2. The SMILES string of the molecule is COCCn1ccc2ccc(NC(=O)c3n[nH]c4c3CNCC4)cc21.Cl. The van der Waals surface area contributed by atoms with Crippen LogP contribution in [0.3, 0.4) is 0 Å². The lowest BCUT2D eigenvalue weighted by Gasteiger charge is -2.13. The van der Waals surface area contributed by atoms with Gasteiger partial charge in [0.1, 0.15) is 0 Å². The number of benzene rings is 1. The number of nitrogens with zero attached hydrogens (tertiary/aromatic N) is 2. The molecule has 0 unspecified atom stereocenters. The van der Waals surface area contributed by atoms with E-state index in [1.54, 1.807) is 7.11 Å². The van der Waals surface area contributed by atoms with Gasteiger partial charge in [-0.25, -0.2) is 0 Å². The number of carbonyl (C=O) groups excluding carboxylic acids is 1. The standard InChI is InChI=1S/C18H21N5O2.ClH/c1-25-9-8-23-7-5-12-2-3-13(10-16(12)23)20-18(24)17-14-11-19-6-4-15(14)21-22-17;/h2-3,5,7,10,19H,4,6,8-9,11H2,1H3,(H,20,24)(H,21,22);1H. The summed E-state index contributed by atoms with van der Waals surface area (Å²) in [6.07, 6.45) is 2.90. The first-order valence-corrected chi connectivity index (χ1v) is 8.42. The molecule has 0 saturated heterocycles. The Morgan fingerprint density at radius 2 is 2.27 bits per heavy atom. The largest absolute Gasteiger partial charge is 0.383 e. The molecule has 3 heterocycles. The van der Waals surface area contributed by atoms with Gasteiger partial charge in [-0.15, -0.1) is 12.4 Å². The van der Waals surface area contributed by atoms with Crippen molar-refractivity contribution in [3.63, 3.8) is 0 Å². The molecular formula is C18H22ClN5O2. The van der Waals surface area contributed by atoms with Gasteiger partial charge in [0.25, 0.3) is 5.91 Å². The van der Waals surface area contributed by atoms with Crippen molar-refractivity contribution in [2.24, 2.45) is 0 Å². The number of nitrogens with one attached hydrogen (secondary N) is 3. The fourth-order valence-corrected chi connectivity index (χ4v) is 3.25. The van der Waals surface area contributed by atoms with Gasteiger partial charge in [-0.3, -0.25) is 9.89 Å². The number of hydrogen-bond donors (Lipinski definition) is 3. The summed E-state index contributed by atoms with van der Waals surface area (Å²) in [4.78, 5) is 12.6. The molecule has 1 aliphatic heterocycles. The van der Waals surface area contributed by atoms with Crippen molar-refractivity contribution in [3.8, 4) is 0 Å². The van der Waals surface area contributed by atoms with Gasteiger partial charge in [-0.1, -0.05) is 6.07 Å². The maximum Gasteiger partial charge on any atom is 0.276 e. The van der Waals surface area contributed by atoms with Crippen molar-refractivity contribution in [3.05, 3.63) is 47.4 Å². The Kier molecular flexibility index (Phi) is 5.61. The first-order valence-electron chi connectivity index (χ1n) is 8.42. The quantitative estimate of drug-likeness (QED) is 0.639. The highest BCUT2D eigenvalue weighted by molar-refractivity contribution is 6.04. The van der Waals surface area contributed by atoms with E-state index in [9.17, 15) is 4.79 Å². The molecule has 0 atom stereocenters. The summed E-state index contributed by atoms with van der Waals surface area (Å²) in [6.45, 7) is 3.00. The van der Waals surface area contributed by atoms with E-state index in [0.717, 1.165) is 47.4 Å². The Morgan fingerprint density at radius 1 is 1.38 bits per heavy atom. The zero-order valence-corrected chi connectivity index (χ0v) is 15.4. The van der Waals surface area contributed by atoms with Crippen molar-refractivity contribution in [1.29, 1.82) is 0 Å². The number of rotatable bonds is 5. The number of H-pyrrole nitrogens is 1. The van der Waals surface area contributed by atoms with Crippen LogP contribution in [0.15, 0.2) is 30.5 Å². The molecule has 8 heteroatoms. The second-order valence-corrected chi connectivity index (χ2v) is 6.19. The maximum atomic E-state index is 12.6. The van der Waals surface area contributed by atoms with E-state index in [2.05, 4.69) is 31.5 Å². The number of anilines is 1. The molecule has 4 rings (SSSR count). The molecule has 2 aromatic heterocycles. The predicted octanol–water partition coefficient (Wildman–Crippen LogP) is 2.33. The Morgan fingerprint density at radius 3 is 3.12 bits per heavy atom. The smallest absolute Gasteiger partial charge is 0.276 e. The molecule has 7 nitrogen and oxygen atoms in total. The first kappa shape index (κ1) is 18.4. The van der Waals surface area contributed by atoms with Crippen LogP contribution in [0.25, 0.3) is 10.9 Å². The first-order chi connectivity index (χ1) is 12.3. The molecule has 3 aromatic rings. The number of halogens is 1. The summed E-state index contributed by atoms with van der Waals surface area (Å²) in [5.74, 6) is -0.185. The minimum atomic E-state index is -0.185. The third-order valence-electron chi connectivity index (χ3n) is 4.59. The predicted molar refractivity (Wildman–Crippen MR) is 103 cm³/mol. The topological polar surface area (TPSA) is 84.0 Å². The lowest BCUT2D eigenvalue weighted by atomic mass is 10.1. The van der Waals surface area contributed by atoms with Gasteiger partial charge in [-0.05, 0) is 23.6 Å². The average Bonchev–Trinajstić information content (AvgIpc) is 3.24. The van der Waals surface area contributed by atoms with Crippen molar-refractivity contribution in [1.82, 2.24) is 20.1 Å². The van der Waals surface area contributed by atoms with Crippen molar-refractivity contribution in [2.45, 2.75) is 19.5 Å². The lowest BCUT2D eigenvalue weighted by Crippen LogP contribution is -2.25. The van der Waals surface area contributed by atoms with Gasteiger partial charge in [0.15, 0.2) is 5.69 Å². The number of carbonyl (C=O) groups is 1. The van der Waals surface area contributed by atoms with Gasteiger partial charge in [-0.2, -0.15) is 5.10 Å². The molecule has 0 saturated carbocycles. The number of amides is 1. The molecule has 1 amide bonds. The minimum absolute atomic E-state index is 0. The molecular weight excluding hydrogens is 354 g/mol. The molecule has 0 aliphatic carbocycles. The van der Waals surface area contributed by atoms with Crippen LogP contribution in [-0.4, -0.2) is 40.9 Å². The Bertz CT molecular complexity index is 918. The van der Waals surface area contributed by atoms with Gasteiger partial charge < -0.3 is 19.9 Å². The van der Waals surface area contributed by atoms with E-state index in [1.807, 2.05) is 24.4 Å². The molecule has 0 spiro atoms. The Hall–Kier alpha value is -2.35. The molecule has 3 N–H and O–H groups in total. The fourth-order valence-electron chi connectivity index (χ4n) is 3.25. The van der Waals surface area contributed by atoms with Crippen molar-refractivity contribution >= 4 is 34.9 Å². The van der Waals surface area contributed by atoms with E-state index >= 15 is 0 Å². The van der Waals surface area contributed by atoms with Crippen LogP contribution in [-0.2, 0) is 24.2 Å². The van der Waals surface area contributed by atoms with E-state index in [1.165, 1.54) is 0 Å². The minimum Gasteiger partial charge on any atom is -0.383 e. The van der Waals surface area contributed by atoms with Crippen LogP contribution in [0, 0.1) is 0 Å². The van der Waals surface area contributed by atoms with Gasteiger partial charge >= 0.3 is 0 Å². The number of ether oxygens (including phenoxy) is 1. The molecule has 0 bridgehead atoms. The third-order valence-corrected chi connectivity index (χ3v) is 4.59. The summed E-state index contributed by atoms with van der Waals surface area (Å²) in [5, 5.41) is 14.6. The van der Waals surface area contributed by atoms with E-state index in [4.69, 9.17) is 4.74 Å². The van der Waals surface area contributed by atoms with Gasteiger partial charge in [0.2, 0.25) is 0 Å². The molecule has 1 aliphatic rings. The number of aromatic nitrogens is 3. The van der Waals surface area contributed by atoms with Crippen LogP contribution in [0.4, 0.5) is 5.69 Å². The summed E-state index contributed by atoms with van der Waals surface area (Å²) in [7, 11) is 1.69. The number of hydrogen-bond acceptors (Lipinski definition) is 4. The summed E-state index contributed by atoms with van der Waals surface area (Å²) in [5.41, 5.74) is 4.31. The maximum absolute atomic E-state index is 12.6. The monoisotopic (exact) mass is 375 g/mol. The van der Waals surface area contributed by atoms with Crippen LogP contribution in [0.2, 0.25) is 0 Å². The van der Waals surface area contributed by atoms with Crippen LogP contribution < -0.4 is 10.6 Å².